The summed E-state index contributed by atoms with van der Waals surface area (Å²) in [5.74, 6) is -1.26. The van der Waals surface area contributed by atoms with Crippen LogP contribution in [0, 0.1) is 28.6 Å². The van der Waals surface area contributed by atoms with Gasteiger partial charge in [0.15, 0.2) is 0 Å². The quantitative estimate of drug-likeness (QED) is 0.312. The Hall–Kier alpha value is -1.93. The standard InChI is InChI=1S/C27H40O8/c1-6-16(2)24(31)35-20(19-11-23(30)32-13-19)12-25(5)17(3)10-22(29)27(15-33-18(4)28)21(25)8-7-9-26(27)14-34-26/h11,16-17,20-22,29H,6-10,12-15H2,1-5H3/t16-,17+,20-,21+,22-,25-,26?,27-/m0/s1. The average Bonchev–Trinajstić information content (AvgIpc) is 3.45. The maximum atomic E-state index is 12.8. The Bertz CT molecular complexity index is 892. The van der Waals surface area contributed by atoms with Crippen molar-refractivity contribution < 1.29 is 38.4 Å². The van der Waals surface area contributed by atoms with E-state index in [4.69, 9.17) is 18.9 Å². The molecule has 0 radical (unpaired) electrons. The lowest BCUT2D eigenvalue weighted by molar-refractivity contribution is -0.222. The molecule has 8 atom stereocenters. The van der Waals surface area contributed by atoms with E-state index in [-0.39, 0.29) is 48.3 Å². The normalized spacial score (nSPS) is 39.8. The van der Waals surface area contributed by atoms with Crippen LogP contribution in [0.25, 0.3) is 0 Å². The van der Waals surface area contributed by atoms with Crippen molar-refractivity contribution in [2.75, 3.05) is 19.8 Å². The summed E-state index contributed by atoms with van der Waals surface area (Å²) in [4.78, 5) is 36.6. The molecule has 0 aromatic heterocycles. The number of aliphatic hydroxyl groups is 1. The number of epoxide rings is 1. The van der Waals surface area contributed by atoms with Gasteiger partial charge in [-0.1, -0.05) is 34.1 Å². The van der Waals surface area contributed by atoms with Gasteiger partial charge in [0, 0.05) is 18.6 Å². The Morgan fingerprint density at radius 2 is 2.06 bits per heavy atom. The summed E-state index contributed by atoms with van der Waals surface area (Å²) in [6, 6.07) is 0. The molecule has 1 N–H and O–H groups in total. The third-order valence-corrected chi connectivity index (χ3v) is 9.64. The van der Waals surface area contributed by atoms with Crippen LogP contribution in [-0.2, 0) is 33.3 Å². The molecule has 0 aromatic carbocycles. The Morgan fingerprint density at radius 3 is 2.63 bits per heavy atom. The smallest absolute Gasteiger partial charge is 0.331 e. The molecular formula is C27H40O8. The van der Waals surface area contributed by atoms with Gasteiger partial charge in [-0.05, 0) is 49.4 Å². The largest absolute Gasteiger partial charge is 0.465 e. The molecule has 8 heteroatoms. The first-order valence-electron chi connectivity index (χ1n) is 13.0. The summed E-state index contributed by atoms with van der Waals surface area (Å²) in [6.45, 7) is 10.3. The molecule has 1 spiro atoms. The second-order valence-electron chi connectivity index (χ2n) is 11.5. The zero-order valence-corrected chi connectivity index (χ0v) is 21.6. The highest BCUT2D eigenvalue weighted by Crippen LogP contribution is 2.68. The summed E-state index contributed by atoms with van der Waals surface area (Å²) in [5, 5.41) is 11.5. The molecule has 0 aromatic rings. The van der Waals surface area contributed by atoms with Gasteiger partial charge in [0.25, 0.3) is 0 Å². The molecule has 4 rings (SSSR count). The molecule has 0 amide bonds. The van der Waals surface area contributed by atoms with E-state index in [1.54, 1.807) is 0 Å². The second kappa shape index (κ2) is 9.51. The Morgan fingerprint density at radius 1 is 1.34 bits per heavy atom. The third-order valence-electron chi connectivity index (χ3n) is 9.64. The summed E-state index contributed by atoms with van der Waals surface area (Å²) < 4.78 is 22.9. The van der Waals surface area contributed by atoms with Crippen molar-refractivity contribution in [2.45, 2.75) is 91.0 Å². The van der Waals surface area contributed by atoms with E-state index in [2.05, 4.69) is 13.8 Å². The van der Waals surface area contributed by atoms with E-state index in [9.17, 15) is 19.5 Å². The molecule has 2 aliphatic heterocycles. The number of aliphatic hydroxyl groups excluding tert-OH is 1. The summed E-state index contributed by atoms with van der Waals surface area (Å²) >= 11 is 0. The fourth-order valence-corrected chi connectivity index (χ4v) is 7.05. The number of carbonyl (C=O) groups is 3. The van der Waals surface area contributed by atoms with Crippen molar-refractivity contribution in [3.8, 4) is 0 Å². The Kier molecular flexibility index (Phi) is 7.10. The molecule has 4 aliphatic rings. The van der Waals surface area contributed by atoms with Gasteiger partial charge in [-0.15, -0.1) is 0 Å². The maximum Gasteiger partial charge on any atom is 0.331 e. The van der Waals surface area contributed by atoms with Crippen LogP contribution in [-0.4, -0.2) is 60.6 Å². The first kappa shape index (κ1) is 26.1. The molecular weight excluding hydrogens is 452 g/mol. The van der Waals surface area contributed by atoms with Crippen LogP contribution in [0.2, 0.25) is 0 Å². The van der Waals surface area contributed by atoms with Crippen molar-refractivity contribution in [2.24, 2.45) is 28.6 Å². The molecule has 2 heterocycles. The minimum absolute atomic E-state index is 0.0206. The lowest BCUT2D eigenvalue weighted by atomic mass is 9.43. The third kappa shape index (κ3) is 4.41. The van der Waals surface area contributed by atoms with Crippen molar-refractivity contribution in [1.29, 1.82) is 0 Å². The molecule has 2 saturated carbocycles. The lowest BCUT2D eigenvalue weighted by Crippen LogP contribution is -2.66. The van der Waals surface area contributed by atoms with Crippen LogP contribution in [0.3, 0.4) is 0 Å². The van der Waals surface area contributed by atoms with Gasteiger partial charge in [0.2, 0.25) is 0 Å². The Balaban J connectivity index is 1.71. The van der Waals surface area contributed by atoms with Crippen LogP contribution in [0.4, 0.5) is 0 Å². The zero-order chi connectivity index (χ0) is 25.6. The summed E-state index contributed by atoms with van der Waals surface area (Å²) in [7, 11) is 0. The summed E-state index contributed by atoms with van der Waals surface area (Å²) in [5.41, 5.74) is -0.920. The van der Waals surface area contributed by atoms with E-state index in [1.165, 1.54) is 13.0 Å². The minimum Gasteiger partial charge on any atom is -0.465 e. The molecule has 1 unspecified atom stereocenters. The Labute approximate surface area is 207 Å². The number of fused-ring (bicyclic) bond motifs is 2. The average molecular weight is 493 g/mol. The topological polar surface area (TPSA) is 112 Å². The van der Waals surface area contributed by atoms with E-state index in [0.717, 1.165) is 19.3 Å². The highest BCUT2D eigenvalue weighted by molar-refractivity contribution is 5.85. The highest BCUT2D eigenvalue weighted by atomic mass is 16.6. The molecule has 3 fully saturated rings. The van der Waals surface area contributed by atoms with Crippen LogP contribution in [0.15, 0.2) is 11.6 Å². The predicted octanol–water partition coefficient (Wildman–Crippen LogP) is 3.34. The molecule has 35 heavy (non-hydrogen) atoms. The van der Waals surface area contributed by atoms with Crippen molar-refractivity contribution in [1.82, 2.24) is 0 Å². The number of ether oxygens (including phenoxy) is 4. The fraction of sp³-hybridized carbons (Fsp3) is 0.815. The zero-order valence-electron chi connectivity index (χ0n) is 21.6. The maximum absolute atomic E-state index is 12.8. The SMILES string of the molecule is CC[C@H](C)C(=O)O[C@@H](C[C@@]1(C)[C@H](C)C[C@H](O)[C@]2(COC(C)=O)[C@@H]1CCCC21CO1)C1=CC(=O)OC1. The van der Waals surface area contributed by atoms with Gasteiger partial charge in [-0.25, -0.2) is 4.79 Å². The van der Waals surface area contributed by atoms with Crippen molar-refractivity contribution in [3.05, 3.63) is 11.6 Å². The van der Waals surface area contributed by atoms with Crippen molar-refractivity contribution in [3.63, 3.8) is 0 Å². The molecule has 196 valence electrons. The van der Waals surface area contributed by atoms with E-state index >= 15 is 0 Å². The monoisotopic (exact) mass is 492 g/mol. The lowest BCUT2D eigenvalue weighted by Gasteiger charge is -2.62. The fourth-order valence-electron chi connectivity index (χ4n) is 7.05. The van der Waals surface area contributed by atoms with E-state index in [0.29, 0.717) is 31.4 Å². The molecule has 0 bridgehead atoms. The van der Waals surface area contributed by atoms with Crippen molar-refractivity contribution >= 4 is 17.9 Å². The highest BCUT2D eigenvalue weighted by Gasteiger charge is 2.74. The number of cyclic esters (lactones) is 1. The van der Waals surface area contributed by atoms with E-state index in [1.807, 2.05) is 13.8 Å². The second-order valence-corrected chi connectivity index (χ2v) is 11.5. The van der Waals surface area contributed by atoms with Gasteiger partial charge in [-0.2, -0.15) is 0 Å². The predicted molar refractivity (Wildman–Crippen MR) is 126 cm³/mol. The van der Waals surface area contributed by atoms with Crippen LogP contribution in [0.5, 0.6) is 0 Å². The van der Waals surface area contributed by atoms with Gasteiger partial charge in [0.05, 0.1) is 24.0 Å². The number of rotatable bonds is 8. The van der Waals surface area contributed by atoms with Crippen LogP contribution in [0.1, 0.15) is 73.1 Å². The molecule has 8 nitrogen and oxygen atoms in total. The first-order chi connectivity index (χ1) is 16.5. The molecule has 1 saturated heterocycles. The number of carbonyl (C=O) groups excluding carboxylic acids is 3. The minimum atomic E-state index is -0.722. The van der Waals surface area contributed by atoms with Gasteiger partial charge in [-0.3, -0.25) is 9.59 Å². The number of hydrogen-bond donors (Lipinski definition) is 1. The molecule has 2 aliphatic carbocycles. The van der Waals surface area contributed by atoms with Gasteiger partial charge in [0.1, 0.15) is 24.9 Å². The summed E-state index contributed by atoms with van der Waals surface area (Å²) in [6.07, 6.45) is 4.48. The number of esters is 3. The first-order valence-corrected chi connectivity index (χ1v) is 13.0. The van der Waals surface area contributed by atoms with Crippen LogP contribution < -0.4 is 0 Å². The number of hydrogen-bond acceptors (Lipinski definition) is 8. The van der Waals surface area contributed by atoms with Crippen LogP contribution >= 0.6 is 0 Å². The van der Waals surface area contributed by atoms with Gasteiger partial charge < -0.3 is 24.1 Å². The van der Waals surface area contributed by atoms with Gasteiger partial charge >= 0.3 is 17.9 Å². The van der Waals surface area contributed by atoms with E-state index < -0.39 is 29.2 Å².